The van der Waals surface area contributed by atoms with Crippen LogP contribution in [0.5, 0.6) is 0 Å². The van der Waals surface area contributed by atoms with E-state index in [1.165, 1.54) is 64.2 Å². The smallest absolute Gasteiger partial charge is 0.306 e. The van der Waals surface area contributed by atoms with E-state index in [1.54, 1.807) is 0 Å². The molecule has 1 unspecified atom stereocenters. The lowest BCUT2D eigenvalue weighted by atomic mass is 10.1. The molecule has 0 saturated heterocycles. The number of hydrogen-bond donors (Lipinski definition) is 0. The predicted molar refractivity (Wildman–Crippen MR) is 306 cm³/mol. The van der Waals surface area contributed by atoms with E-state index in [-0.39, 0.29) is 31.1 Å². The van der Waals surface area contributed by atoms with Gasteiger partial charge in [0, 0.05) is 19.3 Å². The summed E-state index contributed by atoms with van der Waals surface area (Å²) >= 11 is 0. The second-order valence-electron chi connectivity index (χ2n) is 18.8. The SMILES string of the molecule is CC/C=C\C/C=C\C/C=C\C/C=C\CCCCCCC(=O)OC(COC(=O)CCCCCCCC/C=C\C/C=C\C/C=C\CCCCC)COC(=O)CCCCCCCCC/C=C\C/C=C\C/C=C\CC. The molecule has 0 aromatic rings. The molecule has 0 aliphatic rings. The maximum atomic E-state index is 12.9. The highest BCUT2D eigenvalue weighted by atomic mass is 16.6. The van der Waals surface area contributed by atoms with Crippen molar-refractivity contribution < 1.29 is 28.6 Å². The molecule has 0 bridgehead atoms. The molecule has 1 atom stereocenters. The minimum atomic E-state index is -0.805. The van der Waals surface area contributed by atoms with Gasteiger partial charge in [-0.1, -0.05) is 226 Å². The monoisotopic (exact) mass is 983 g/mol. The maximum absolute atomic E-state index is 12.9. The van der Waals surface area contributed by atoms with E-state index in [1.807, 2.05) is 0 Å². The van der Waals surface area contributed by atoms with E-state index in [0.717, 1.165) is 148 Å². The Labute approximate surface area is 437 Å². The summed E-state index contributed by atoms with van der Waals surface area (Å²) in [5.74, 6) is -0.947. The van der Waals surface area contributed by atoms with Crippen LogP contribution in [0.3, 0.4) is 0 Å². The van der Waals surface area contributed by atoms with Crippen molar-refractivity contribution in [3.05, 3.63) is 122 Å². The minimum absolute atomic E-state index is 0.101. The van der Waals surface area contributed by atoms with E-state index in [2.05, 4.69) is 142 Å². The topological polar surface area (TPSA) is 78.9 Å². The van der Waals surface area contributed by atoms with Gasteiger partial charge in [-0.05, 0) is 128 Å². The van der Waals surface area contributed by atoms with Crippen molar-refractivity contribution in [1.29, 1.82) is 0 Å². The predicted octanol–water partition coefficient (Wildman–Crippen LogP) is 19.6. The Morgan fingerprint density at radius 3 is 0.859 bits per heavy atom. The summed E-state index contributed by atoms with van der Waals surface area (Å²) < 4.78 is 16.9. The Morgan fingerprint density at radius 1 is 0.296 bits per heavy atom. The molecular weight excluding hydrogens is 877 g/mol. The fourth-order valence-electron chi connectivity index (χ4n) is 7.63. The van der Waals surface area contributed by atoms with Gasteiger partial charge < -0.3 is 14.2 Å². The second kappa shape index (κ2) is 58.4. The van der Waals surface area contributed by atoms with E-state index < -0.39 is 6.10 Å². The molecule has 0 fully saturated rings. The van der Waals surface area contributed by atoms with Crippen LogP contribution in [0.1, 0.15) is 252 Å². The van der Waals surface area contributed by atoms with Crippen molar-refractivity contribution in [2.24, 2.45) is 0 Å². The summed E-state index contributed by atoms with van der Waals surface area (Å²) in [5, 5.41) is 0. The zero-order chi connectivity index (χ0) is 51.4. The van der Waals surface area contributed by atoms with Gasteiger partial charge in [0.25, 0.3) is 0 Å². The van der Waals surface area contributed by atoms with Crippen molar-refractivity contribution in [3.8, 4) is 0 Å². The lowest BCUT2D eigenvalue weighted by Crippen LogP contribution is -2.30. The van der Waals surface area contributed by atoms with Crippen molar-refractivity contribution in [2.75, 3.05) is 13.2 Å². The highest BCUT2D eigenvalue weighted by Gasteiger charge is 2.19. The molecular formula is C65H106O6. The number of carbonyl (C=O) groups is 3. The van der Waals surface area contributed by atoms with Gasteiger partial charge in [0.1, 0.15) is 13.2 Å². The van der Waals surface area contributed by atoms with E-state index in [0.29, 0.717) is 19.3 Å². The molecule has 0 saturated carbocycles. The molecule has 0 spiro atoms. The molecule has 6 heteroatoms. The van der Waals surface area contributed by atoms with Crippen LogP contribution < -0.4 is 0 Å². The van der Waals surface area contributed by atoms with Crippen LogP contribution in [-0.2, 0) is 28.6 Å². The van der Waals surface area contributed by atoms with Crippen LogP contribution in [-0.4, -0.2) is 37.2 Å². The number of esters is 3. The van der Waals surface area contributed by atoms with Gasteiger partial charge in [0.2, 0.25) is 0 Å². The van der Waals surface area contributed by atoms with E-state index in [4.69, 9.17) is 14.2 Å². The Hall–Kier alpha value is -4.19. The average Bonchev–Trinajstić information content (AvgIpc) is 3.37. The molecule has 0 aromatic carbocycles. The lowest BCUT2D eigenvalue weighted by molar-refractivity contribution is -0.167. The highest BCUT2D eigenvalue weighted by molar-refractivity contribution is 5.71. The number of unbranched alkanes of at least 4 members (excludes halogenated alkanes) is 20. The zero-order valence-electron chi connectivity index (χ0n) is 45.9. The fourth-order valence-corrected chi connectivity index (χ4v) is 7.63. The van der Waals surface area contributed by atoms with Crippen molar-refractivity contribution in [1.82, 2.24) is 0 Å². The van der Waals surface area contributed by atoms with Gasteiger partial charge in [0.05, 0.1) is 0 Å². The summed E-state index contributed by atoms with van der Waals surface area (Å²) in [6.07, 6.45) is 80.4. The first-order valence-electron chi connectivity index (χ1n) is 29.0. The average molecular weight is 984 g/mol. The third kappa shape index (κ3) is 56.6. The number of ether oxygens (including phenoxy) is 3. The van der Waals surface area contributed by atoms with Crippen molar-refractivity contribution >= 4 is 17.9 Å². The van der Waals surface area contributed by atoms with Crippen molar-refractivity contribution in [2.45, 2.75) is 258 Å². The van der Waals surface area contributed by atoms with Crippen LogP contribution in [0.4, 0.5) is 0 Å². The molecule has 0 amide bonds. The molecule has 0 heterocycles. The van der Waals surface area contributed by atoms with Gasteiger partial charge in [-0.25, -0.2) is 0 Å². The number of hydrogen-bond acceptors (Lipinski definition) is 6. The van der Waals surface area contributed by atoms with Gasteiger partial charge >= 0.3 is 17.9 Å². The summed E-state index contributed by atoms with van der Waals surface area (Å²) in [6.45, 7) is 6.35. The number of allylic oxidation sites excluding steroid dienone is 20. The van der Waals surface area contributed by atoms with Gasteiger partial charge in [0.15, 0.2) is 6.10 Å². The molecule has 0 N–H and O–H groups in total. The largest absolute Gasteiger partial charge is 0.462 e. The Morgan fingerprint density at radius 2 is 0.549 bits per heavy atom. The van der Waals surface area contributed by atoms with E-state index in [9.17, 15) is 14.4 Å². The molecule has 0 aliphatic carbocycles. The first-order chi connectivity index (χ1) is 35.0. The third-order valence-corrected chi connectivity index (χ3v) is 11.9. The molecule has 6 nitrogen and oxygen atoms in total. The second-order valence-corrected chi connectivity index (χ2v) is 18.8. The standard InChI is InChI=1S/C65H106O6/c1-4-7-10-13-16-19-22-25-28-31-32-35-37-40-43-46-49-52-55-58-64(67)70-61-62(71-65(68)59-56-53-50-47-44-41-38-34-30-27-24-21-18-15-12-9-6-3)60-69-63(66)57-54-51-48-45-42-39-36-33-29-26-23-20-17-14-11-8-5-2/h8-9,11-12,16-21,25-30,32,35,38,41,62H,4-7,10,13-15,22-24,31,33-34,36-37,39-40,42-61H2,1-3H3/b11-8-,12-9-,19-16-,20-17-,21-18-,28-25-,29-26-,30-27-,35-32-,41-38-. The molecule has 0 radical (unpaired) electrons. The minimum Gasteiger partial charge on any atom is -0.462 e. The maximum Gasteiger partial charge on any atom is 0.306 e. The Balaban J connectivity index is 4.49. The van der Waals surface area contributed by atoms with Gasteiger partial charge in [-0.2, -0.15) is 0 Å². The van der Waals surface area contributed by atoms with Crippen LogP contribution >= 0.6 is 0 Å². The normalized spacial score (nSPS) is 13.0. The first-order valence-corrected chi connectivity index (χ1v) is 29.0. The van der Waals surface area contributed by atoms with E-state index >= 15 is 0 Å². The fraction of sp³-hybridized carbons (Fsp3) is 0.646. The molecule has 402 valence electrons. The van der Waals surface area contributed by atoms with Gasteiger partial charge in [-0.15, -0.1) is 0 Å². The molecule has 71 heavy (non-hydrogen) atoms. The van der Waals surface area contributed by atoms with Crippen LogP contribution in [0.2, 0.25) is 0 Å². The first kappa shape index (κ1) is 66.8. The third-order valence-electron chi connectivity index (χ3n) is 11.9. The quantitative estimate of drug-likeness (QED) is 0.0261. The highest BCUT2D eigenvalue weighted by Crippen LogP contribution is 2.14. The Kier molecular flexibility index (Phi) is 54.9. The number of rotatable bonds is 51. The summed E-state index contributed by atoms with van der Waals surface area (Å²) in [5.41, 5.74) is 0. The number of carbonyl (C=O) groups excluding carboxylic acids is 3. The van der Waals surface area contributed by atoms with Crippen LogP contribution in [0.15, 0.2) is 122 Å². The zero-order valence-corrected chi connectivity index (χ0v) is 45.9. The van der Waals surface area contributed by atoms with Crippen LogP contribution in [0, 0.1) is 0 Å². The lowest BCUT2D eigenvalue weighted by Gasteiger charge is -2.18. The molecule has 0 aliphatic heterocycles. The molecule has 0 rings (SSSR count). The summed E-state index contributed by atoms with van der Waals surface area (Å²) in [7, 11) is 0. The Bertz CT molecular complexity index is 1500. The van der Waals surface area contributed by atoms with Gasteiger partial charge in [-0.3, -0.25) is 14.4 Å². The molecule has 0 aromatic heterocycles. The summed E-state index contributed by atoms with van der Waals surface area (Å²) in [6, 6.07) is 0. The van der Waals surface area contributed by atoms with Crippen molar-refractivity contribution in [3.63, 3.8) is 0 Å². The summed E-state index contributed by atoms with van der Waals surface area (Å²) in [4.78, 5) is 38.2. The van der Waals surface area contributed by atoms with Crippen LogP contribution in [0.25, 0.3) is 0 Å².